The molecule has 0 amide bonds. The van der Waals surface area contributed by atoms with Gasteiger partial charge < -0.3 is 4.90 Å². The fourth-order valence-corrected chi connectivity index (χ4v) is 8.96. The lowest BCUT2D eigenvalue weighted by Gasteiger charge is -2.29. The summed E-state index contributed by atoms with van der Waals surface area (Å²) in [5.41, 5.74) is 0. The molecule has 2 aliphatic rings. The predicted octanol–water partition coefficient (Wildman–Crippen LogP) is 14.3. The minimum atomic E-state index is 0.991. The van der Waals surface area contributed by atoms with E-state index in [4.69, 9.17) is 0 Å². The van der Waals surface area contributed by atoms with Crippen LogP contribution in [0.2, 0.25) is 0 Å². The van der Waals surface area contributed by atoms with Gasteiger partial charge in [-0.2, -0.15) is 0 Å². The van der Waals surface area contributed by atoms with Crippen molar-refractivity contribution in [2.75, 3.05) is 20.6 Å². The van der Waals surface area contributed by atoms with Crippen molar-refractivity contribution in [3.63, 3.8) is 0 Å². The third-order valence-corrected chi connectivity index (χ3v) is 12.4. The Labute approximate surface area is 280 Å². The Morgan fingerprint density at radius 2 is 0.841 bits per heavy atom. The standard InChI is InChI=1S/C43H85N/c1-7-11-16-24-37(10-4)25-21-29-38(26-19-14-15-20-34-44(5)6)39(30-22-32-42-35-40(42)27-17-12-8-2)31-23-33-43-36-41(43)28-18-13-9-3/h37-43H,7-36H2,1-6H3. The van der Waals surface area contributed by atoms with Gasteiger partial charge in [0, 0.05) is 0 Å². The lowest BCUT2D eigenvalue weighted by atomic mass is 9.77. The summed E-state index contributed by atoms with van der Waals surface area (Å²) in [6.45, 7) is 10.8. The second-order valence-electron chi connectivity index (χ2n) is 16.6. The first-order chi connectivity index (χ1) is 21.5. The molecule has 1 nitrogen and oxygen atoms in total. The first-order valence-corrected chi connectivity index (χ1v) is 21.2. The predicted molar refractivity (Wildman–Crippen MR) is 200 cm³/mol. The Morgan fingerprint density at radius 1 is 0.432 bits per heavy atom. The van der Waals surface area contributed by atoms with E-state index in [0.717, 1.165) is 41.4 Å². The zero-order chi connectivity index (χ0) is 31.8. The van der Waals surface area contributed by atoms with Crippen LogP contribution in [0.3, 0.4) is 0 Å². The Kier molecular flexibility index (Phi) is 23.7. The maximum absolute atomic E-state index is 2.46. The lowest BCUT2D eigenvalue weighted by molar-refractivity contribution is 0.229. The average Bonchev–Trinajstić information content (AvgIpc) is 3.94. The van der Waals surface area contributed by atoms with Crippen LogP contribution >= 0.6 is 0 Å². The highest BCUT2D eigenvalue weighted by Crippen LogP contribution is 2.48. The summed E-state index contributed by atoms with van der Waals surface area (Å²) in [4.78, 5) is 2.37. The van der Waals surface area contributed by atoms with Gasteiger partial charge in [-0.1, -0.05) is 195 Å². The summed E-state index contributed by atoms with van der Waals surface area (Å²) in [6.07, 6.45) is 43.3. The van der Waals surface area contributed by atoms with E-state index in [-0.39, 0.29) is 0 Å². The molecule has 0 radical (unpaired) electrons. The summed E-state index contributed by atoms with van der Waals surface area (Å²) in [5.74, 6) is 7.44. The quantitative estimate of drug-likeness (QED) is 0.0664. The molecule has 6 unspecified atom stereocenters. The average molecular weight is 616 g/mol. The molecule has 2 saturated carbocycles. The number of hydrogen-bond acceptors (Lipinski definition) is 1. The van der Waals surface area contributed by atoms with Crippen molar-refractivity contribution in [3.8, 4) is 0 Å². The number of rotatable bonds is 33. The molecule has 0 spiro atoms. The van der Waals surface area contributed by atoms with Crippen molar-refractivity contribution in [2.45, 2.75) is 214 Å². The molecule has 6 atom stereocenters. The Bertz CT molecular complexity index is 596. The molecule has 0 aliphatic heterocycles. The fourth-order valence-electron chi connectivity index (χ4n) is 8.96. The van der Waals surface area contributed by atoms with Crippen molar-refractivity contribution >= 4 is 0 Å². The summed E-state index contributed by atoms with van der Waals surface area (Å²) < 4.78 is 0. The maximum atomic E-state index is 2.46. The normalized spacial score (nSPS) is 23.2. The van der Waals surface area contributed by atoms with Gasteiger partial charge in [0.2, 0.25) is 0 Å². The molecule has 2 rings (SSSR count). The molecular formula is C43H85N. The zero-order valence-electron chi connectivity index (χ0n) is 31.7. The van der Waals surface area contributed by atoms with Crippen LogP contribution in [0.1, 0.15) is 214 Å². The molecule has 0 aromatic heterocycles. The maximum Gasteiger partial charge on any atom is -0.00248 e. The Morgan fingerprint density at radius 3 is 1.34 bits per heavy atom. The highest BCUT2D eigenvalue weighted by Gasteiger charge is 2.37. The van der Waals surface area contributed by atoms with Crippen LogP contribution in [0, 0.1) is 41.4 Å². The lowest BCUT2D eigenvalue weighted by Crippen LogP contribution is -2.17. The van der Waals surface area contributed by atoms with Gasteiger partial charge in [0.05, 0.1) is 0 Å². The van der Waals surface area contributed by atoms with Gasteiger partial charge in [0.25, 0.3) is 0 Å². The van der Waals surface area contributed by atoms with Crippen LogP contribution < -0.4 is 0 Å². The highest BCUT2D eigenvalue weighted by atomic mass is 15.0. The number of nitrogens with zero attached hydrogens (tertiary/aromatic N) is 1. The molecule has 0 bridgehead atoms. The molecule has 0 aromatic carbocycles. The largest absolute Gasteiger partial charge is 0.309 e. The van der Waals surface area contributed by atoms with Gasteiger partial charge in [0.15, 0.2) is 0 Å². The van der Waals surface area contributed by atoms with Crippen LogP contribution in [-0.2, 0) is 0 Å². The van der Waals surface area contributed by atoms with E-state index in [9.17, 15) is 0 Å². The molecule has 1 heteroatoms. The van der Waals surface area contributed by atoms with Crippen molar-refractivity contribution < 1.29 is 0 Å². The van der Waals surface area contributed by atoms with Gasteiger partial charge in [-0.15, -0.1) is 0 Å². The zero-order valence-corrected chi connectivity index (χ0v) is 31.7. The van der Waals surface area contributed by atoms with Crippen LogP contribution in [0.15, 0.2) is 0 Å². The van der Waals surface area contributed by atoms with Crippen molar-refractivity contribution in [1.82, 2.24) is 4.90 Å². The molecule has 0 N–H and O–H groups in total. The van der Waals surface area contributed by atoms with Crippen molar-refractivity contribution in [3.05, 3.63) is 0 Å². The van der Waals surface area contributed by atoms with Crippen LogP contribution in [0.25, 0.3) is 0 Å². The number of unbranched alkanes of at least 4 members (excludes halogenated alkanes) is 9. The summed E-state index contributed by atoms with van der Waals surface area (Å²) in [6, 6.07) is 0. The topological polar surface area (TPSA) is 3.24 Å². The van der Waals surface area contributed by atoms with Gasteiger partial charge in [-0.3, -0.25) is 0 Å². The number of hydrogen-bond donors (Lipinski definition) is 0. The van der Waals surface area contributed by atoms with Crippen LogP contribution in [0.5, 0.6) is 0 Å². The van der Waals surface area contributed by atoms with E-state index >= 15 is 0 Å². The van der Waals surface area contributed by atoms with E-state index in [0.29, 0.717) is 0 Å². The van der Waals surface area contributed by atoms with Gasteiger partial charge in [0.1, 0.15) is 0 Å². The summed E-state index contributed by atoms with van der Waals surface area (Å²) in [5, 5.41) is 0. The SMILES string of the molecule is CCCCCC(CC)CCCC(CCCCCCN(C)C)C(CCCC1CC1CCCCC)CCCC1CC1CCCCC. The van der Waals surface area contributed by atoms with Crippen molar-refractivity contribution in [1.29, 1.82) is 0 Å². The minimum Gasteiger partial charge on any atom is -0.309 e. The van der Waals surface area contributed by atoms with Gasteiger partial charge in [-0.25, -0.2) is 0 Å². The van der Waals surface area contributed by atoms with Gasteiger partial charge in [-0.05, 0) is 81.3 Å². The molecule has 0 aromatic rings. The van der Waals surface area contributed by atoms with E-state index in [2.05, 4.69) is 46.7 Å². The van der Waals surface area contributed by atoms with Crippen LogP contribution in [0.4, 0.5) is 0 Å². The first kappa shape index (κ1) is 40.1. The Hall–Kier alpha value is -0.0400. The molecular weight excluding hydrogens is 530 g/mol. The molecule has 2 aliphatic carbocycles. The van der Waals surface area contributed by atoms with E-state index < -0.39 is 0 Å². The Balaban J connectivity index is 1.90. The molecule has 0 saturated heterocycles. The van der Waals surface area contributed by atoms with E-state index in [1.807, 2.05) is 0 Å². The van der Waals surface area contributed by atoms with E-state index in [1.165, 1.54) is 148 Å². The van der Waals surface area contributed by atoms with Crippen molar-refractivity contribution in [2.24, 2.45) is 41.4 Å². The molecule has 262 valence electrons. The summed E-state index contributed by atoms with van der Waals surface area (Å²) in [7, 11) is 4.47. The summed E-state index contributed by atoms with van der Waals surface area (Å²) >= 11 is 0. The smallest absolute Gasteiger partial charge is 0.00248 e. The first-order valence-electron chi connectivity index (χ1n) is 21.2. The van der Waals surface area contributed by atoms with Gasteiger partial charge >= 0.3 is 0 Å². The highest BCUT2D eigenvalue weighted by molar-refractivity contribution is 4.87. The monoisotopic (exact) mass is 616 g/mol. The minimum absolute atomic E-state index is 0.991. The molecule has 44 heavy (non-hydrogen) atoms. The van der Waals surface area contributed by atoms with Crippen LogP contribution in [-0.4, -0.2) is 25.5 Å². The molecule has 0 heterocycles. The second-order valence-corrected chi connectivity index (χ2v) is 16.6. The third kappa shape index (κ3) is 19.6. The van der Waals surface area contributed by atoms with E-state index in [1.54, 1.807) is 44.9 Å². The molecule has 2 fully saturated rings. The fraction of sp³-hybridized carbons (Fsp3) is 1.00. The second kappa shape index (κ2) is 26.0. The third-order valence-electron chi connectivity index (χ3n) is 12.4.